The lowest BCUT2D eigenvalue weighted by Gasteiger charge is -2.50. The number of benzene rings is 4. The molecule has 234 valence electrons. The van der Waals surface area contributed by atoms with Crippen LogP contribution in [0.3, 0.4) is 0 Å². The molecule has 6 heteroatoms. The maximum absolute atomic E-state index is 14.5. The van der Waals surface area contributed by atoms with Crippen molar-refractivity contribution in [1.29, 1.82) is 0 Å². The highest BCUT2D eigenvalue weighted by Crippen LogP contribution is 2.50. The van der Waals surface area contributed by atoms with Crippen molar-refractivity contribution in [3.8, 4) is 0 Å². The van der Waals surface area contributed by atoms with Crippen LogP contribution < -0.4 is 10.4 Å². The van der Waals surface area contributed by atoms with Gasteiger partial charge in [-0.1, -0.05) is 136 Å². The van der Waals surface area contributed by atoms with E-state index in [2.05, 4.69) is 118 Å². The number of carbonyl (C=O) groups excluding carboxylic acids is 1. The van der Waals surface area contributed by atoms with Crippen LogP contribution in [0, 0.1) is 11.8 Å². The van der Waals surface area contributed by atoms with Crippen LogP contribution >= 0.6 is 23.2 Å². The molecular formula is C39H43Cl2NO2Si. The van der Waals surface area contributed by atoms with Gasteiger partial charge in [-0.3, -0.25) is 4.79 Å². The lowest BCUT2D eigenvalue weighted by molar-refractivity contribution is -0.147. The molecule has 6 rings (SSSR count). The summed E-state index contributed by atoms with van der Waals surface area (Å²) in [5.74, 6) is 0.571. The zero-order valence-corrected chi connectivity index (χ0v) is 29.1. The van der Waals surface area contributed by atoms with E-state index in [0.717, 1.165) is 30.4 Å². The van der Waals surface area contributed by atoms with Crippen LogP contribution in [0.5, 0.6) is 0 Å². The molecule has 4 aromatic carbocycles. The highest BCUT2D eigenvalue weighted by atomic mass is 35.5. The fourth-order valence-corrected chi connectivity index (χ4v) is 12.5. The molecule has 1 aliphatic heterocycles. The van der Waals surface area contributed by atoms with Crippen LogP contribution in [-0.4, -0.2) is 31.8 Å². The predicted octanol–water partition coefficient (Wildman–Crippen LogP) is 9.04. The molecule has 2 fully saturated rings. The molecule has 45 heavy (non-hydrogen) atoms. The smallest absolute Gasteiger partial charge is 0.261 e. The van der Waals surface area contributed by atoms with E-state index >= 15 is 0 Å². The molecule has 3 nitrogen and oxygen atoms in total. The molecule has 0 N–H and O–H groups in total. The van der Waals surface area contributed by atoms with E-state index in [9.17, 15) is 4.79 Å². The molecule has 0 radical (unpaired) electrons. The van der Waals surface area contributed by atoms with Gasteiger partial charge in [0.05, 0.1) is 18.7 Å². The molecule has 1 saturated carbocycles. The first kappa shape index (κ1) is 32.1. The summed E-state index contributed by atoms with van der Waals surface area (Å²) in [6.45, 7) is 9.50. The number of likely N-dealkylation sites (tertiary alicyclic amines) is 1. The van der Waals surface area contributed by atoms with Crippen LogP contribution in [0.25, 0.3) is 0 Å². The van der Waals surface area contributed by atoms with Crippen molar-refractivity contribution in [1.82, 2.24) is 4.90 Å². The van der Waals surface area contributed by atoms with Gasteiger partial charge in [-0.2, -0.15) is 0 Å². The predicted molar refractivity (Wildman–Crippen MR) is 189 cm³/mol. The van der Waals surface area contributed by atoms with Crippen molar-refractivity contribution in [2.75, 3.05) is 6.61 Å². The molecule has 2 unspecified atom stereocenters. The minimum Gasteiger partial charge on any atom is -0.405 e. The standard InChI is InChI=1S/C39H43Cl2NO2Si/c1-27-24-35(30-12-11-13-32(41)25-30)37(29-20-22-31(40)23-21-29)42(38(27)43)36(28-18-19-28)26-44-45(39(2,3)4,33-14-7-5-8-15-33)34-16-9-6-10-17-34/h5-17,20-23,25,27-28,35-37H,18-19,24,26H2,1-4H3/t27?,35?,36-,37-/m1/s1. The number of halogens is 2. The first-order valence-electron chi connectivity index (χ1n) is 16.2. The van der Waals surface area contributed by atoms with Crippen molar-refractivity contribution >= 4 is 47.8 Å². The van der Waals surface area contributed by atoms with Crippen LogP contribution in [0.1, 0.15) is 70.0 Å². The van der Waals surface area contributed by atoms with Crippen molar-refractivity contribution in [2.45, 2.75) is 70.0 Å². The average Bonchev–Trinajstić information content (AvgIpc) is 3.87. The molecule has 4 atom stereocenters. The monoisotopic (exact) mass is 655 g/mol. The van der Waals surface area contributed by atoms with Crippen molar-refractivity contribution in [2.24, 2.45) is 11.8 Å². The molecule has 4 aromatic rings. The van der Waals surface area contributed by atoms with Gasteiger partial charge < -0.3 is 9.33 Å². The zero-order valence-electron chi connectivity index (χ0n) is 26.6. The Kier molecular flexibility index (Phi) is 9.32. The molecule has 2 aliphatic rings. The molecule has 1 heterocycles. The summed E-state index contributed by atoms with van der Waals surface area (Å²) >= 11 is 12.9. The molecule has 1 amide bonds. The van der Waals surface area contributed by atoms with E-state index in [1.807, 2.05) is 24.3 Å². The van der Waals surface area contributed by atoms with Crippen LogP contribution in [0.2, 0.25) is 15.1 Å². The van der Waals surface area contributed by atoms with Gasteiger partial charge in [0.1, 0.15) is 0 Å². The third-order valence-corrected chi connectivity index (χ3v) is 15.4. The number of rotatable bonds is 9. The minimum atomic E-state index is -2.80. The summed E-state index contributed by atoms with van der Waals surface area (Å²) in [6.07, 6.45) is 2.96. The first-order valence-corrected chi connectivity index (χ1v) is 18.8. The van der Waals surface area contributed by atoms with Gasteiger partial charge in [-0.05, 0) is 76.0 Å². The lowest BCUT2D eigenvalue weighted by Crippen LogP contribution is -2.67. The Morgan fingerprint density at radius 2 is 1.40 bits per heavy atom. The van der Waals surface area contributed by atoms with Gasteiger partial charge in [0.25, 0.3) is 8.32 Å². The van der Waals surface area contributed by atoms with E-state index in [-0.39, 0.29) is 34.9 Å². The second-order valence-electron chi connectivity index (χ2n) is 13.9. The van der Waals surface area contributed by atoms with Crippen molar-refractivity contribution in [3.63, 3.8) is 0 Å². The fraction of sp³-hybridized carbons (Fsp3) is 0.359. The summed E-state index contributed by atoms with van der Waals surface area (Å²) in [7, 11) is -2.80. The highest BCUT2D eigenvalue weighted by Gasteiger charge is 2.53. The van der Waals surface area contributed by atoms with E-state index in [1.54, 1.807) is 0 Å². The summed E-state index contributed by atoms with van der Waals surface area (Å²) < 4.78 is 7.53. The highest BCUT2D eigenvalue weighted by molar-refractivity contribution is 6.99. The SMILES string of the molecule is CC1CC(c2cccc(Cl)c2)[C@@H](c2ccc(Cl)cc2)N([C@H](CO[Si](c2ccccc2)(c2ccccc2)C(C)(C)C)C2CC2)C1=O. The second-order valence-corrected chi connectivity index (χ2v) is 19.1. The number of hydrogen-bond acceptors (Lipinski definition) is 2. The van der Waals surface area contributed by atoms with Crippen molar-refractivity contribution < 1.29 is 9.22 Å². The van der Waals surface area contributed by atoms with Crippen molar-refractivity contribution in [3.05, 3.63) is 130 Å². The zero-order chi connectivity index (χ0) is 31.8. The molecule has 0 bridgehead atoms. The Bertz CT molecular complexity index is 1560. The average molecular weight is 657 g/mol. The Hall–Kier alpha value is -2.89. The summed E-state index contributed by atoms with van der Waals surface area (Å²) in [6, 6.07) is 37.6. The quantitative estimate of drug-likeness (QED) is 0.168. The molecule has 1 saturated heterocycles. The maximum atomic E-state index is 14.5. The van der Waals surface area contributed by atoms with Gasteiger partial charge in [0, 0.05) is 21.9 Å². The second kappa shape index (κ2) is 13.1. The Labute approximate surface area is 279 Å². The number of nitrogens with zero attached hydrogens (tertiary/aromatic N) is 1. The summed E-state index contributed by atoms with van der Waals surface area (Å²) in [5, 5.41) is 3.76. The van der Waals surface area contributed by atoms with Crippen LogP contribution in [0.4, 0.5) is 0 Å². The fourth-order valence-electron chi connectivity index (χ4n) is 7.57. The number of carbonyl (C=O) groups is 1. The molecule has 1 aliphatic carbocycles. The Balaban J connectivity index is 1.46. The summed E-state index contributed by atoms with van der Waals surface area (Å²) in [4.78, 5) is 16.7. The number of hydrogen-bond donors (Lipinski definition) is 0. The van der Waals surface area contributed by atoms with Gasteiger partial charge in [-0.15, -0.1) is 0 Å². The Morgan fingerprint density at radius 3 is 1.93 bits per heavy atom. The van der Waals surface area contributed by atoms with Gasteiger partial charge in [-0.25, -0.2) is 0 Å². The van der Waals surface area contributed by atoms with E-state index in [1.165, 1.54) is 10.4 Å². The summed E-state index contributed by atoms with van der Waals surface area (Å²) in [5.41, 5.74) is 2.26. The lowest BCUT2D eigenvalue weighted by atomic mass is 9.75. The van der Waals surface area contributed by atoms with Crippen LogP contribution in [-0.2, 0) is 9.22 Å². The van der Waals surface area contributed by atoms with E-state index < -0.39 is 8.32 Å². The number of amides is 1. The first-order chi connectivity index (χ1) is 21.6. The van der Waals surface area contributed by atoms with Gasteiger partial charge in [0.2, 0.25) is 5.91 Å². The third-order valence-electron chi connectivity index (χ3n) is 9.86. The van der Waals surface area contributed by atoms with Gasteiger partial charge >= 0.3 is 0 Å². The maximum Gasteiger partial charge on any atom is 0.261 e. The minimum absolute atomic E-state index is 0.0516. The number of piperidine rings is 1. The molecule has 0 spiro atoms. The topological polar surface area (TPSA) is 29.5 Å². The normalized spacial score (nSPS) is 21.5. The van der Waals surface area contributed by atoms with Crippen LogP contribution in [0.15, 0.2) is 109 Å². The largest absolute Gasteiger partial charge is 0.405 e. The molecular weight excluding hydrogens is 613 g/mol. The third kappa shape index (κ3) is 6.40. The van der Waals surface area contributed by atoms with Gasteiger partial charge in [0.15, 0.2) is 0 Å². The van der Waals surface area contributed by atoms with E-state index in [0.29, 0.717) is 22.6 Å². The van der Waals surface area contributed by atoms with E-state index in [4.69, 9.17) is 27.6 Å². The Morgan fingerprint density at radius 1 is 0.800 bits per heavy atom. The molecule has 0 aromatic heterocycles.